The molecule has 26 heavy (non-hydrogen) atoms. The second-order valence-corrected chi connectivity index (χ2v) is 9.26. The van der Waals surface area contributed by atoms with E-state index in [1.54, 1.807) is 44.2 Å². The van der Waals surface area contributed by atoms with E-state index in [2.05, 4.69) is 22.4 Å². The van der Waals surface area contributed by atoms with E-state index in [-0.39, 0.29) is 11.2 Å². The first kappa shape index (κ1) is 20.9. The number of hydrogen-bond donors (Lipinski definition) is 1. The quantitative estimate of drug-likeness (QED) is 0.452. The Morgan fingerprint density at radius 2 is 1.96 bits per heavy atom. The van der Waals surface area contributed by atoms with Gasteiger partial charge < -0.3 is 14.8 Å². The first-order valence-corrected chi connectivity index (χ1v) is 10.9. The molecule has 1 amide bonds. The number of anilines is 1. The van der Waals surface area contributed by atoms with Crippen LogP contribution >= 0.6 is 34.9 Å². The second-order valence-electron chi connectivity index (χ2n) is 5.35. The zero-order chi connectivity index (χ0) is 18.9. The van der Waals surface area contributed by atoms with Crippen molar-refractivity contribution in [2.24, 2.45) is 0 Å². The molecule has 1 aromatic carbocycles. The van der Waals surface area contributed by atoms with Gasteiger partial charge in [0, 0.05) is 17.5 Å². The van der Waals surface area contributed by atoms with Crippen LogP contribution in [-0.2, 0) is 4.79 Å². The number of unbranched alkanes of at least 4 members (excludes halogenated alkanes) is 1. The lowest BCUT2D eigenvalue weighted by Gasteiger charge is -2.13. The Hall–Kier alpha value is -1.45. The van der Waals surface area contributed by atoms with Crippen LogP contribution in [0.15, 0.2) is 26.9 Å². The third-order valence-electron chi connectivity index (χ3n) is 3.41. The number of nitrogens with zero attached hydrogens (tertiary/aromatic N) is 2. The number of methoxy groups -OCH3 is 2. The molecule has 1 N–H and O–H groups in total. The molecule has 0 saturated heterocycles. The largest absolute Gasteiger partial charge is 0.493 e. The van der Waals surface area contributed by atoms with Gasteiger partial charge in [-0.25, -0.2) is 0 Å². The molecule has 0 fully saturated rings. The Labute approximate surface area is 166 Å². The molecule has 1 aromatic heterocycles. The van der Waals surface area contributed by atoms with E-state index in [9.17, 15) is 4.79 Å². The number of carbonyl (C=O) groups is 1. The van der Waals surface area contributed by atoms with Crippen molar-refractivity contribution in [3.8, 4) is 11.5 Å². The van der Waals surface area contributed by atoms with Crippen LogP contribution in [0.5, 0.6) is 11.5 Å². The van der Waals surface area contributed by atoms with Crippen molar-refractivity contribution >= 4 is 46.5 Å². The monoisotopic (exact) mass is 413 g/mol. The van der Waals surface area contributed by atoms with Gasteiger partial charge in [-0.3, -0.25) is 4.79 Å². The molecule has 0 aliphatic rings. The van der Waals surface area contributed by atoms with Crippen molar-refractivity contribution in [1.82, 2.24) is 10.2 Å². The lowest BCUT2D eigenvalue weighted by atomic mass is 10.2. The molecular formula is C17H23N3O3S3. The van der Waals surface area contributed by atoms with Gasteiger partial charge in [0.25, 0.3) is 0 Å². The fraction of sp³-hybridized carbons (Fsp3) is 0.471. The average Bonchev–Trinajstić information content (AvgIpc) is 3.09. The summed E-state index contributed by atoms with van der Waals surface area (Å²) in [5.41, 5.74) is 0.660. The number of aromatic nitrogens is 2. The summed E-state index contributed by atoms with van der Waals surface area (Å²) in [5, 5.41) is 10.9. The summed E-state index contributed by atoms with van der Waals surface area (Å²) >= 11 is 4.66. The number of rotatable bonds is 10. The molecule has 0 radical (unpaired) electrons. The van der Waals surface area contributed by atoms with Crippen LogP contribution in [-0.4, -0.2) is 41.3 Å². The molecule has 1 atom stereocenters. The SMILES string of the molecule is CCCCSc1nnc(S[C@@H](C)C(=O)Nc2ccc(OC)c(OC)c2)s1. The van der Waals surface area contributed by atoms with Crippen LogP contribution in [0.25, 0.3) is 0 Å². The van der Waals surface area contributed by atoms with Gasteiger partial charge >= 0.3 is 0 Å². The third kappa shape index (κ3) is 6.07. The molecule has 0 aliphatic carbocycles. The smallest absolute Gasteiger partial charge is 0.237 e. The first-order valence-electron chi connectivity index (χ1n) is 8.23. The highest BCUT2D eigenvalue weighted by Gasteiger charge is 2.18. The molecule has 2 rings (SSSR count). The van der Waals surface area contributed by atoms with Gasteiger partial charge in [0.15, 0.2) is 20.2 Å². The molecule has 2 aromatic rings. The van der Waals surface area contributed by atoms with Crippen LogP contribution in [0.1, 0.15) is 26.7 Å². The van der Waals surface area contributed by atoms with Gasteiger partial charge in [-0.15, -0.1) is 10.2 Å². The van der Waals surface area contributed by atoms with E-state index < -0.39 is 0 Å². The molecule has 142 valence electrons. The molecule has 9 heteroatoms. The minimum Gasteiger partial charge on any atom is -0.493 e. The Bertz CT molecular complexity index is 724. The van der Waals surface area contributed by atoms with Crippen LogP contribution < -0.4 is 14.8 Å². The van der Waals surface area contributed by atoms with Crippen molar-refractivity contribution < 1.29 is 14.3 Å². The van der Waals surface area contributed by atoms with Crippen LogP contribution in [0.3, 0.4) is 0 Å². The van der Waals surface area contributed by atoms with Gasteiger partial charge in [-0.05, 0) is 25.5 Å². The van der Waals surface area contributed by atoms with E-state index in [4.69, 9.17) is 9.47 Å². The zero-order valence-corrected chi connectivity index (χ0v) is 17.7. The summed E-state index contributed by atoms with van der Waals surface area (Å²) in [6.45, 7) is 4.02. The maximum Gasteiger partial charge on any atom is 0.237 e. The number of hydrogen-bond acceptors (Lipinski definition) is 8. The highest BCUT2D eigenvalue weighted by atomic mass is 32.2. The summed E-state index contributed by atoms with van der Waals surface area (Å²) in [6.07, 6.45) is 2.33. The van der Waals surface area contributed by atoms with E-state index >= 15 is 0 Å². The predicted octanol–water partition coefficient (Wildman–Crippen LogP) is 4.57. The number of carbonyl (C=O) groups excluding carboxylic acids is 1. The Balaban J connectivity index is 1.91. The van der Waals surface area contributed by atoms with Gasteiger partial charge in [0.1, 0.15) is 0 Å². The number of thioether (sulfide) groups is 2. The molecule has 0 bridgehead atoms. The Kier molecular flexibility index (Phi) is 8.53. The van der Waals surface area contributed by atoms with Crippen molar-refractivity contribution in [2.45, 2.75) is 40.6 Å². The normalized spacial score (nSPS) is 11.8. The average molecular weight is 414 g/mol. The topological polar surface area (TPSA) is 73.3 Å². The van der Waals surface area contributed by atoms with Gasteiger partial charge in [-0.1, -0.05) is 48.2 Å². The summed E-state index contributed by atoms with van der Waals surface area (Å²) < 4.78 is 12.2. The molecule has 1 heterocycles. The first-order chi connectivity index (χ1) is 12.6. The van der Waals surface area contributed by atoms with Gasteiger partial charge in [0.05, 0.1) is 19.5 Å². The van der Waals surface area contributed by atoms with Crippen molar-refractivity contribution in [3.05, 3.63) is 18.2 Å². The molecule has 0 spiro atoms. The van der Waals surface area contributed by atoms with Crippen LogP contribution in [0.2, 0.25) is 0 Å². The third-order valence-corrected chi connectivity index (χ3v) is 6.74. The molecular weight excluding hydrogens is 390 g/mol. The van der Waals surface area contributed by atoms with E-state index in [1.165, 1.54) is 29.5 Å². The number of ether oxygens (including phenoxy) is 2. The second kappa shape index (κ2) is 10.6. The van der Waals surface area contributed by atoms with Crippen molar-refractivity contribution in [1.29, 1.82) is 0 Å². The van der Waals surface area contributed by atoms with Crippen molar-refractivity contribution in [3.63, 3.8) is 0 Å². The van der Waals surface area contributed by atoms with Crippen LogP contribution in [0.4, 0.5) is 5.69 Å². The highest BCUT2D eigenvalue weighted by Crippen LogP contribution is 2.33. The van der Waals surface area contributed by atoms with Gasteiger partial charge in [-0.2, -0.15) is 0 Å². The maximum atomic E-state index is 12.4. The zero-order valence-electron chi connectivity index (χ0n) is 15.3. The van der Waals surface area contributed by atoms with E-state index in [1.807, 2.05) is 6.92 Å². The van der Waals surface area contributed by atoms with E-state index in [0.29, 0.717) is 17.2 Å². The fourth-order valence-electron chi connectivity index (χ4n) is 1.97. The summed E-state index contributed by atoms with van der Waals surface area (Å²) in [6, 6.07) is 5.28. The van der Waals surface area contributed by atoms with Crippen molar-refractivity contribution in [2.75, 3.05) is 25.3 Å². The number of amides is 1. The Morgan fingerprint density at radius 3 is 2.65 bits per heavy atom. The lowest BCUT2D eigenvalue weighted by molar-refractivity contribution is -0.115. The standard InChI is InChI=1S/C17H23N3O3S3/c1-5-6-9-24-16-19-20-17(26-16)25-11(2)15(21)18-12-7-8-13(22-3)14(10-12)23-4/h7-8,10-11H,5-6,9H2,1-4H3,(H,18,21)/t11-/m0/s1. The highest BCUT2D eigenvalue weighted by molar-refractivity contribution is 8.03. The minimum atomic E-state index is -0.287. The van der Waals surface area contributed by atoms with Crippen LogP contribution in [0, 0.1) is 0 Å². The maximum absolute atomic E-state index is 12.4. The fourth-order valence-corrected chi connectivity index (χ4v) is 5.29. The number of benzene rings is 1. The van der Waals surface area contributed by atoms with E-state index in [0.717, 1.165) is 20.9 Å². The molecule has 0 aliphatic heterocycles. The Morgan fingerprint density at radius 1 is 1.23 bits per heavy atom. The molecule has 6 nitrogen and oxygen atoms in total. The van der Waals surface area contributed by atoms with Gasteiger partial charge in [0.2, 0.25) is 5.91 Å². The number of nitrogens with one attached hydrogen (secondary N) is 1. The summed E-state index contributed by atoms with van der Waals surface area (Å²) in [7, 11) is 3.14. The summed E-state index contributed by atoms with van der Waals surface area (Å²) in [4.78, 5) is 12.4. The lowest BCUT2D eigenvalue weighted by Crippen LogP contribution is -2.22. The summed E-state index contributed by atoms with van der Waals surface area (Å²) in [5.74, 6) is 2.14. The molecule has 0 saturated carbocycles. The minimum absolute atomic E-state index is 0.0994. The predicted molar refractivity (Wildman–Crippen MR) is 109 cm³/mol. The molecule has 0 unspecified atom stereocenters.